The van der Waals surface area contributed by atoms with Crippen LogP contribution in [0.15, 0.2) is 12.1 Å². The predicted octanol–water partition coefficient (Wildman–Crippen LogP) is 2.86. The molecule has 0 spiro atoms. The first-order chi connectivity index (χ1) is 10.0. The van der Waals surface area contributed by atoms with Crippen LogP contribution in [0.4, 0.5) is 0 Å². The third-order valence-corrected chi connectivity index (χ3v) is 4.70. The van der Waals surface area contributed by atoms with Gasteiger partial charge in [0.2, 0.25) is 0 Å². The Morgan fingerprint density at radius 3 is 2.90 bits per heavy atom. The molecule has 2 aromatic rings. The molecule has 5 heteroatoms. The standard InChI is InChI=1S/C16H19ClN4/c1-3-21-7-6-13-11(8-21)14(16(18)19)10-4-5-12(17)9(2)15(10)20-13/h4-5H,3,6-8H2,1-2H3,(H3,18,19). The molecule has 4 nitrogen and oxygen atoms in total. The molecule has 0 radical (unpaired) electrons. The number of fused-ring (bicyclic) bond motifs is 2. The molecule has 0 bridgehead atoms. The van der Waals surface area contributed by atoms with E-state index in [1.165, 1.54) is 0 Å². The maximum atomic E-state index is 8.00. The highest BCUT2D eigenvalue weighted by atomic mass is 35.5. The van der Waals surface area contributed by atoms with E-state index in [1.54, 1.807) is 0 Å². The van der Waals surface area contributed by atoms with Gasteiger partial charge in [-0.1, -0.05) is 24.6 Å². The lowest BCUT2D eigenvalue weighted by Gasteiger charge is -2.29. The molecule has 1 aromatic carbocycles. The fraction of sp³-hybridized carbons (Fsp3) is 0.375. The monoisotopic (exact) mass is 302 g/mol. The van der Waals surface area contributed by atoms with Gasteiger partial charge in [0, 0.05) is 41.2 Å². The molecule has 21 heavy (non-hydrogen) atoms. The summed E-state index contributed by atoms with van der Waals surface area (Å²) in [4.78, 5) is 7.18. The molecule has 0 saturated heterocycles. The van der Waals surface area contributed by atoms with Gasteiger partial charge in [-0.2, -0.15) is 0 Å². The fourth-order valence-corrected chi connectivity index (χ4v) is 3.20. The first-order valence-electron chi connectivity index (χ1n) is 7.20. The van der Waals surface area contributed by atoms with Crippen LogP contribution in [0.1, 0.15) is 29.3 Å². The topological polar surface area (TPSA) is 66.0 Å². The number of halogens is 1. The molecule has 110 valence electrons. The average Bonchev–Trinajstić information content (AvgIpc) is 2.48. The summed E-state index contributed by atoms with van der Waals surface area (Å²) < 4.78 is 0. The van der Waals surface area contributed by atoms with Crippen molar-refractivity contribution in [3.8, 4) is 0 Å². The molecule has 0 atom stereocenters. The Morgan fingerprint density at radius 2 is 2.24 bits per heavy atom. The molecule has 0 fully saturated rings. The number of amidine groups is 1. The zero-order valence-electron chi connectivity index (χ0n) is 12.3. The van der Waals surface area contributed by atoms with Crippen LogP contribution in [0.5, 0.6) is 0 Å². The summed E-state index contributed by atoms with van der Waals surface area (Å²) in [5, 5.41) is 9.64. The smallest absolute Gasteiger partial charge is 0.123 e. The zero-order chi connectivity index (χ0) is 15.1. The van der Waals surface area contributed by atoms with Crippen molar-refractivity contribution >= 4 is 28.3 Å². The third kappa shape index (κ3) is 2.28. The number of nitrogens with zero attached hydrogens (tertiary/aromatic N) is 2. The SMILES string of the molecule is CCN1CCc2nc3c(C)c(Cl)ccc3c(C(=N)N)c2C1. The van der Waals surface area contributed by atoms with E-state index in [0.29, 0.717) is 5.02 Å². The summed E-state index contributed by atoms with van der Waals surface area (Å²) in [7, 11) is 0. The van der Waals surface area contributed by atoms with Crippen molar-refractivity contribution in [2.75, 3.05) is 13.1 Å². The molecule has 1 aromatic heterocycles. The summed E-state index contributed by atoms with van der Waals surface area (Å²) in [6, 6.07) is 3.79. The van der Waals surface area contributed by atoms with Gasteiger partial charge in [0.05, 0.1) is 5.52 Å². The molecule has 1 aliphatic heterocycles. The quantitative estimate of drug-likeness (QED) is 0.662. The fourth-order valence-electron chi connectivity index (χ4n) is 3.05. The lowest BCUT2D eigenvalue weighted by molar-refractivity contribution is 0.266. The largest absolute Gasteiger partial charge is 0.384 e. The predicted molar refractivity (Wildman–Crippen MR) is 87.2 cm³/mol. The Balaban J connectivity index is 2.34. The van der Waals surface area contributed by atoms with Crippen LogP contribution in [0.3, 0.4) is 0 Å². The van der Waals surface area contributed by atoms with Gasteiger partial charge in [-0.25, -0.2) is 0 Å². The highest BCUT2D eigenvalue weighted by molar-refractivity contribution is 6.32. The summed E-state index contributed by atoms with van der Waals surface area (Å²) >= 11 is 6.22. The van der Waals surface area contributed by atoms with Crippen LogP contribution < -0.4 is 5.73 Å². The van der Waals surface area contributed by atoms with Crippen molar-refractivity contribution in [2.45, 2.75) is 26.8 Å². The van der Waals surface area contributed by atoms with Crippen LogP contribution in [-0.4, -0.2) is 28.8 Å². The van der Waals surface area contributed by atoms with Crippen molar-refractivity contribution in [2.24, 2.45) is 5.73 Å². The number of pyridine rings is 1. The second-order valence-electron chi connectivity index (χ2n) is 5.51. The maximum Gasteiger partial charge on any atom is 0.123 e. The number of aryl methyl sites for hydroxylation is 1. The first kappa shape index (κ1) is 14.3. The Labute approximate surface area is 129 Å². The van der Waals surface area contributed by atoms with Gasteiger partial charge < -0.3 is 5.73 Å². The lowest BCUT2D eigenvalue weighted by Crippen LogP contribution is -2.33. The number of likely N-dealkylation sites (N-methyl/N-ethyl adjacent to an activating group) is 1. The summed E-state index contributed by atoms with van der Waals surface area (Å²) in [6.45, 7) is 6.92. The van der Waals surface area contributed by atoms with Gasteiger partial charge in [0.25, 0.3) is 0 Å². The van der Waals surface area contributed by atoms with Crippen LogP contribution in [0.2, 0.25) is 5.02 Å². The Bertz CT molecular complexity index is 739. The van der Waals surface area contributed by atoms with E-state index in [0.717, 1.165) is 59.3 Å². The van der Waals surface area contributed by atoms with E-state index in [1.807, 2.05) is 19.1 Å². The number of benzene rings is 1. The average molecular weight is 303 g/mol. The van der Waals surface area contributed by atoms with Crippen molar-refractivity contribution in [3.05, 3.63) is 39.5 Å². The van der Waals surface area contributed by atoms with E-state index in [9.17, 15) is 0 Å². The maximum absolute atomic E-state index is 8.00. The summed E-state index contributed by atoms with van der Waals surface area (Å²) in [6.07, 6.45) is 0.894. The molecule has 0 amide bonds. The Hall–Kier alpha value is -1.65. The normalized spacial score (nSPS) is 15.2. The second kappa shape index (κ2) is 5.28. The highest BCUT2D eigenvalue weighted by Crippen LogP contribution is 2.31. The lowest BCUT2D eigenvalue weighted by atomic mass is 9.94. The Morgan fingerprint density at radius 1 is 1.48 bits per heavy atom. The molecular weight excluding hydrogens is 284 g/mol. The molecule has 3 N–H and O–H groups in total. The number of nitrogens with two attached hydrogens (primary N) is 1. The number of nitrogens with one attached hydrogen (secondary N) is 1. The molecule has 3 rings (SSSR count). The number of rotatable bonds is 2. The minimum absolute atomic E-state index is 0.110. The van der Waals surface area contributed by atoms with E-state index in [4.69, 9.17) is 27.7 Å². The minimum Gasteiger partial charge on any atom is -0.384 e. The van der Waals surface area contributed by atoms with Crippen LogP contribution >= 0.6 is 11.6 Å². The van der Waals surface area contributed by atoms with E-state index in [2.05, 4.69) is 11.8 Å². The molecule has 0 unspecified atom stereocenters. The Kier molecular flexibility index (Phi) is 3.59. The zero-order valence-corrected chi connectivity index (χ0v) is 13.1. The van der Waals surface area contributed by atoms with E-state index >= 15 is 0 Å². The minimum atomic E-state index is 0.110. The summed E-state index contributed by atoms with van der Waals surface area (Å²) in [5.41, 5.74) is 10.7. The van der Waals surface area contributed by atoms with E-state index < -0.39 is 0 Å². The summed E-state index contributed by atoms with van der Waals surface area (Å²) in [5.74, 6) is 0.110. The third-order valence-electron chi connectivity index (χ3n) is 4.29. The van der Waals surface area contributed by atoms with Crippen molar-refractivity contribution in [3.63, 3.8) is 0 Å². The molecule has 0 aliphatic carbocycles. The second-order valence-corrected chi connectivity index (χ2v) is 5.92. The van der Waals surface area contributed by atoms with Crippen LogP contribution in [0, 0.1) is 12.3 Å². The van der Waals surface area contributed by atoms with Crippen molar-refractivity contribution < 1.29 is 0 Å². The van der Waals surface area contributed by atoms with Crippen LogP contribution in [-0.2, 0) is 13.0 Å². The highest BCUT2D eigenvalue weighted by Gasteiger charge is 2.23. The molecule has 0 saturated carbocycles. The molecule has 1 aliphatic rings. The van der Waals surface area contributed by atoms with Gasteiger partial charge in [0.15, 0.2) is 0 Å². The first-order valence-corrected chi connectivity index (χ1v) is 7.58. The van der Waals surface area contributed by atoms with Crippen molar-refractivity contribution in [1.82, 2.24) is 9.88 Å². The van der Waals surface area contributed by atoms with E-state index in [-0.39, 0.29) is 5.84 Å². The molecule has 2 heterocycles. The van der Waals surface area contributed by atoms with Crippen LogP contribution in [0.25, 0.3) is 10.9 Å². The number of hydrogen-bond donors (Lipinski definition) is 2. The van der Waals surface area contributed by atoms with Gasteiger partial charge >= 0.3 is 0 Å². The van der Waals surface area contributed by atoms with Crippen molar-refractivity contribution in [1.29, 1.82) is 5.41 Å². The molecular formula is C16H19ClN4. The van der Waals surface area contributed by atoms with Gasteiger partial charge in [-0.3, -0.25) is 15.3 Å². The number of aromatic nitrogens is 1. The number of hydrogen-bond acceptors (Lipinski definition) is 3. The number of nitrogen functional groups attached to an aromatic ring is 1. The van der Waals surface area contributed by atoms with Gasteiger partial charge in [-0.15, -0.1) is 0 Å². The van der Waals surface area contributed by atoms with Gasteiger partial charge in [0.1, 0.15) is 5.84 Å². The van der Waals surface area contributed by atoms with Gasteiger partial charge in [-0.05, 0) is 30.7 Å².